The van der Waals surface area contributed by atoms with Crippen LogP contribution in [-0.2, 0) is 6.54 Å². The van der Waals surface area contributed by atoms with E-state index in [-0.39, 0.29) is 0 Å². The van der Waals surface area contributed by atoms with Gasteiger partial charge in [0.25, 0.3) is 0 Å². The molecular weight excluding hydrogens is 300 g/mol. The SMILES string of the molecule is Cc1ccc(-c2[nH]ncc2CNCCCN2CC(C)CC(C)C2)o1. The molecule has 1 fully saturated rings. The summed E-state index contributed by atoms with van der Waals surface area (Å²) in [6.45, 7) is 12.3. The van der Waals surface area contributed by atoms with Crippen molar-refractivity contribution in [3.63, 3.8) is 0 Å². The van der Waals surface area contributed by atoms with Gasteiger partial charge in [-0.25, -0.2) is 0 Å². The van der Waals surface area contributed by atoms with Crippen molar-refractivity contribution in [1.82, 2.24) is 20.4 Å². The van der Waals surface area contributed by atoms with E-state index in [0.717, 1.165) is 47.7 Å². The predicted octanol–water partition coefficient (Wildman–Crippen LogP) is 3.44. The Bertz CT molecular complexity index is 623. The lowest BCUT2D eigenvalue weighted by molar-refractivity contribution is 0.139. The zero-order valence-electron chi connectivity index (χ0n) is 15.1. The summed E-state index contributed by atoms with van der Waals surface area (Å²) in [6, 6.07) is 3.97. The van der Waals surface area contributed by atoms with Crippen molar-refractivity contribution in [3.05, 3.63) is 29.7 Å². The van der Waals surface area contributed by atoms with Gasteiger partial charge in [-0.3, -0.25) is 5.10 Å². The number of aromatic amines is 1. The van der Waals surface area contributed by atoms with Crippen LogP contribution < -0.4 is 5.32 Å². The molecule has 3 rings (SSSR count). The number of piperidine rings is 1. The number of nitrogens with zero attached hydrogens (tertiary/aromatic N) is 2. The van der Waals surface area contributed by atoms with Crippen LogP contribution in [0.5, 0.6) is 0 Å². The molecule has 132 valence electrons. The van der Waals surface area contributed by atoms with E-state index in [0.29, 0.717) is 0 Å². The van der Waals surface area contributed by atoms with Gasteiger partial charge in [0.15, 0.2) is 5.76 Å². The standard InChI is InChI=1S/C19H30N4O/c1-14-9-15(2)13-23(12-14)8-4-7-20-10-17-11-21-22-19(17)18-6-5-16(3)24-18/h5-6,11,14-15,20H,4,7-10,12-13H2,1-3H3,(H,21,22). The molecule has 1 aliphatic heterocycles. The second kappa shape index (κ2) is 7.99. The summed E-state index contributed by atoms with van der Waals surface area (Å²) in [5.74, 6) is 3.46. The molecule has 24 heavy (non-hydrogen) atoms. The molecule has 0 aliphatic carbocycles. The average Bonchev–Trinajstić information content (AvgIpc) is 3.14. The van der Waals surface area contributed by atoms with Crippen molar-refractivity contribution in [2.24, 2.45) is 11.8 Å². The van der Waals surface area contributed by atoms with Gasteiger partial charge in [0.1, 0.15) is 11.5 Å². The highest BCUT2D eigenvalue weighted by atomic mass is 16.3. The van der Waals surface area contributed by atoms with E-state index >= 15 is 0 Å². The van der Waals surface area contributed by atoms with Crippen LogP contribution in [0.4, 0.5) is 0 Å². The van der Waals surface area contributed by atoms with Crippen LogP contribution in [0.3, 0.4) is 0 Å². The summed E-state index contributed by atoms with van der Waals surface area (Å²) in [4.78, 5) is 2.62. The first-order chi connectivity index (χ1) is 11.6. The number of likely N-dealkylation sites (tertiary alicyclic amines) is 1. The fourth-order valence-electron chi connectivity index (χ4n) is 3.85. The van der Waals surface area contributed by atoms with Gasteiger partial charge >= 0.3 is 0 Å². The molecule has 2 N–H and O–H groups in total. The lowest BCUT2D eigenvalue weighted by Gasteiger charge is -2.34. The van der Waals surface area contributed by atoms with Gasteiger partial charge in [0.2, 0.25) is 0 Å². The maximum absolute atomic E-state index is 5.69. The summed E-state index contributed by atoms with van der Waals surface area (Å²) in [7, 11) is 0. The minimum absolute atomic E-state index is 0.818. The van der Waals surface area contributed by atoms with Gasteiger partial charge in [-0.2, -0.15) is 5.10 Å². The number of rotatable bonds is 7. The van der Waals surface area contributed by atoms with Crippen LogP contribution in [0.1, 0.15) is 38.0 Å². The topological polar surface area (TPSA) is 57.1 Å². The molecule has 3 heterocycles. The number of hydrogen-bond donors (Lipinski definition) is 2. The van der Waals surface area contributed by atoms with Crippen molar-refractivity contribution in [3.8, 4) is 11.5 Å². The highest BCUT2D eigenvalue weighted by Gasteiger charge is 2.20. The van der Waals surface area contributed by atoms with Gasteiger partial charge in [-0.1, -0.05) is 13.8 Å². The molecule has 0 amide bonds. The predicted molar refractivity (Wildman–Crippen MR) is 96.7 cm³/mol. The highest BCUT2D eigenvalue weighted by molar-refractivity contribution is 5.56. The highest BCUT2D eigenvalue weighted by Crippen LogP contribution is 2.23. The van der Waals surface area contributed by atoms with E-state index in [1.807, 2.05) is 25.3 Å². The van der Waals surface area contributed by atoms with Crippen molar-refractivity contribution < 1.29 is 4.42 Å². The smallest absolute Gasteiger partial charge is 0.152 e. The Morgan fingerprint density at radius 2 is 2.08 bits per heavy atom. The Hall–Kier alpha value is -1.59. The van der Waals surface area contributed by atoms with E-state index in [2.05, 4.69) is 34.3 Å². The van der Waals surface area contributed by atoms with E-state index < -0.39 is 0 Å². The van der Waals surface area contributed by atoms with Gasteiger partial charge in [-0.15, -0.1) is 0 Å². The van der Waals surface area contributed by atoms with E-state index in [4.69, 9.17) is 4.42 Å². The first-order valence-corrected chi connectivity index (χ1v) is 9.14. The van der Waals surface area contributed by atoms with E-state index in [9.17, 15) is 0 Å². The summed E-state index contributed by atoms with van der Waals surface area (Å²) < 4.78 is 5.69. The fourth-order valence-corrected chi connectivity index (χ4v) is 3.85. The molecule has 1 aliphatic rings. The molecule has 0 spiro atoms. The summed E-state index contributed by atoms with van der Waals surface area (Å²) in [6.07, 6.45) is 4.45. The first-order valence-electron chi connectivity index (χ1n) is 9.14. The third-order valence-corrected chi connectivity index (χ3v) is 4.79. The van der Waals surface area contributed by atoms with Gasteiger partial charge in [-0.05, 0) is 56.8 Å². The molecule has 0 bridgehead atoms. The summed E-state index contributed by atoms with van der Waals surface area (Å²) in [5, 5.41) is 10.7. The zero-order chi connectivity index (χ0) is 16.9. The molecule has 1 saturated heterocycles. The normalized spacial score (nSPS) is 22.1. The molecule has 2 aromatic rings. The third-order valence-electron chi connectivity index (χ3n) is 4.79. The molecule has 0 aromatic carbocycles. The summed E-state index contributed by atoms with van der Waals surface area (Å²) >= 11 is 0. The number of aromatic nitrogens is 2. The van der Waals surface area contributed by atoms with Crippen LogP contribution >= 0.6 is 0 Å². The van der Waals surface area contributed by atoms with Crippen LogP contribution in [0.2, 0.25) is 0 Å². The quantitative estimate of drug-likeness (QED) is 0.764. The number of aryl methyl sites for hydroxylation is 1. The second-order valence-corrected chi connectivity index (χ2v) is 7.42. The average molecular weight is 330 g/mol. The van der Waals surface area contributed by atoms with Gasteiger partial charge in [0, 0.05) is 25.2 Å². The number of H-pyrrole nitrogens is 1. The van der Waals surface area contributed by atoms with Crippen molar-refractivity contribution in [1.29, 1.82) is 0 Å². The maximum atomic E-state index is 5.69. The van der Waals surface area contributed by atoms with Crippen LogP contribution in [-0.4, -0.2) is 41.3 Å². The van der Waals surface area contributed by atoms with Crippen LogP contribution in [0.15, 0.2) is 22.7 Å². The minimum Gasteiger partial charge on any atom is -0.460 e. The Morgan fingerprint density at radius 3 is 2.79 bits per heavy atom. The summed E-state index contributed by atoms with van der Waals surface area (Å²) in [5.41, 5.74) is 2.14. The Morgan fingerprint density at radius 1 is 1.29 bits per heavy atom. The Balaban J connectivity index is 1.41. The lowest BCUT2D eigenvalue weighted by atomic mass is 9.92. The molecule has 5 heteroatoms. The molecule has 2 unspecified atom stereocenters. The Labute approximate surface area is 144 Å². The number of nitrogens with one attached hydrogen (secondary N) is 2. The minimum atomic E-state index is 0.818. The van der Waals surface area contributed by atoms with Crippen molar-refractivity contribution >= 4 is 0 Å². The van der Waals surface area contributed by atoms with Gasteiger partial charge in [0.05, 0.1) is 6.20 Å². The monoisotopic (exact) mass is 330 g/mol. The maximum Gasteiger partial charge on any atom is 0.152 e. The third kappa shape index (κ3) is 4.48. The van der Waals surface area contributed by atoms with Crippen LogP contribution in [0.25, 0.3) is 11.5 Å². The Kier molecular flexibility index (Phi) is 5.74. The van der Waals surface area contributed by atoms with Gasteiger partial charge < -0.3 is 14.6 Å². The van der Waals surface area contributed by atoms with Crippen molar-refractivity contribution in [2.75, 3.05) is 26.2 Å². The molecular formula is C19H30N4O. The van der Waals surface area contributed by atoms with E-state index in [1.54, 1.807) is 0 Å². The number of furan rings is 1. The molecule has 0 saturated carbocycles. The molecule has 5 nitrogen and oxygen atoms in total. The fraction of sp³-hybridized carbons (Fsp3) is 0.632. The van der Waals surface area contributed by atoms with Crippen molar-refractivity contribution in [2.45, 2.75) is 40.2 Å². The zero-order valence-corrected chi connectivity index (χ0v) is 15.1. The number of hydrogen-bond acceptors (Lipinski definition) is 4. The first kappa shape index (κ1) is 17.2. The second-order valence-electron chi connectivity index (χ2n) is 7.42. The van der Waals surface area contributed by atoms with E-state index in [1.165, 1.54) is 32.5 Å². The lowest BCUT2D eigenvalue weighted by Crippen LogP contribution is -2.39. The van der Waals surface area contributed by atoms with Crippen LogP contribution in [0, 0.1) is 18.8 Å². The molecule has 2 atom stereocenters. The molecule has 2 aromatic heterocycles. The molecule has 0 radical (unpaired) electrons. The largest absolute Gasteiger partial charge is 0.460 e.